The summed E-state index contributed by atoms with van der Waals surface area (Å²) in [5, 5.41) is 13.1. The number of halogens is 2. The van der Waals surface area contributed by atoms with Gasteiger partial charge < -0.3 is 0 Å². The van der Waals surface area contributed by atoms with Crippen molar-refractivity contribution in [1.82, 2.24) is 0 Å². The van der Waals surface area contributed by atoms with Gasteiger partial charge in [0.05, 0.1) is 21.7 Å². The summed E-state index contributed by atoms with van der Waals surface area (Å²) in [5.41, 5.74) is 0.646. The summed E-state index contributed by atoms with van der Waals surface area (Å²) in [7, 11) is 0. The normalized spacial score (nSPS) is 27.2. The van der Waals surface area contributed by atoms with Gasteiger partial charge in [0, 0.05) is 22.0 Å². The van der Waals surface area contributed by atoms with Gasteiger partial charge in [0.15, 0.2) is 0 Å². The van der Waals surface area contributed by atoms with Crippen LogP contribution in [0.4, 0.5) is 5.69 Å². The average molecular weight is 465 g/mol. The van der Waals surface area contributed by atoms with Crippen LogP contribution in [0.25, 0.3) is 0 Å². The van der Waals surface area contributed by atoms with Crippen LogP contribution in [0.15, 0.2) is 66.7 Å². The van der Waals surface area contributed by atoms with Crippen molar-refractivity contribution >= 4 is 40.7 Å². The second kappa shape index (κ2) is 6.40. The molecule has 1 saturated heterocycles. The topological polar surface area (TPSA) is 80.5 Å². The van der Waals surface area contributed by atoms with Crippen LogP contribution >= 0.6 is 23.2 Å². The molecule has 1 fully saturated rings. The molecule has 1 aliphatic heterocycles. The van der Waals surface area contributed by atoms with Gasteiger partial charge in [0.2, 0.25) is 11.8 Å². The van der Waals surface area contributed by atoms with Gasteiger partial charge in [-0.25, -0.2) is 4.90 Å². The Labute approximate surface area is 192 Å². The highest BCUT2D eigenvalue weighted by Crippen LogP contribution is 2.64. The molecule has 32 heavy (non-hydrogen) atoms. The van der Waals surface area contributed by atoms with Crippen molar-refractivity contribution in [2.45, 2.75) is 11.5 Å². The van der Waals surface area contributed by atoms with Crippen LogP contribution in [0.2, 0.25) is 10.0 Å². The largest absolute Gasteiger partial charge is 0.285 e. The first-order valence-electron chi connectivity index (χ1n) is 10.1. The molecule has 8 heteroatoms. The molecule has 0 aromatic heterocycles. The summed E-state index contributed by atoms with van der Waals surface area (Å²) >= 11 is 12.5. The molecule has 0 N–H and O–H groups in total. The lowest BCUT2D eigenvalue weighted by atomic mass is 9.51. The molecule has 0 saturated carbocycles. The van der Waals surface area contributed by atoms with Gasteiger partial charge in [0.1, 0.15) is 5.92 Å². The molecule has 7 rings (SSSR count). The molecule has 2 bridgehead atoms. The number of benzene rings is 3. The van der Waals surface area contributed by atoms with Crippen LogP contribution in [-0.2, 0) is 15.1 Å². The Hall–Kier alpha value is -3.22. The van der Waals surface area contributed by atoms with Crippen molar-refractivity contribution < 1.29 is 14.5 Å². The van der Waals surface area contributed by atoms with Gasteiger partial charge in [-0.3, -0.25) is 19.7 Å². The molecule has 6 nitrogen and oxygen atoms in total. The molecule has 0 unspecified atom stereocenters. The molecule has 3 aromatic rings. The standard InChI is InChI=1S/C24H14Cl2N2O4/c25-16-10-5-11-17(21(16)26)27-22(29)19-18-12-6-1-3-8-14(12)24(28(31)32,20(19)23(27)30)15-9-4-2-7-13(15)18/h1-11,18-20H/t18?,19-,20-,24?/m0/s1. The molecule has 0 radical (unpaired) electrons. The SMILES string of the molecule is O=C1[C@@H]2[C@@H](C(=O)N1c1cccc(Cl)c1Cl)C1c3ccccc3C2([N+](=O)[O-])c2ccccc21. The zero-order valence-corrected chi connectivity index (χ0v) is 17.9. The van der Waals surface area contributed by atoms with Crippen molar-refractivity contribution in [1.29, 1.82) is 0 Å². The molecule has 3 aliphatic carbocycles. The van der Waals surface area contributed by atoms with Crippen molar-refractivity contribution in [2.75, 3.05) is 4.90 Å². The predicted molar refractivity (Wildman–Crippen MR) is 118 cm³/mol. The fraction of sp³-hybridized carbons (Fsp3) is 0.167. The lowest BCUT2D eigenvalue weighted by Gasteiger charge is -2.48. The Balaban J connectivity index is 1.68. The van der Waals surface area contributed by atoms with Gasteiger partial charge in [-0.15, -0.1) is 0 Å². The Morgan fingerprint density at radius 2 is 1.44 bits per heavy atom. The molecule has 2 amide bonds. The number of carbonyl (C=O) groups excluding carboxylic acids is 2. The van der Waals surface area contributed by atoms with Crippen LogP contribution in [0.1, 0.15) is 28.2 Å². The van der Waals surface area contributed by atoms with Gasteiger partial charge in [-0.05, 0) is 23.3 Å². The predicted octanol–water partition coefficient (Wildman–Crippen LogP) is 4.78. The molecule has 0 spiro atoms. The zero-order valence-electron chi connectivity index (χ0n) is 16.4. The van der Waals surface area contributed by atoms with E-state index in [0.717, 1.165) is 4.90 Å². The molecule has 3 aromatic carbocycles. The molecule has 1 heterocycles. The van der Waals surface area contributed by atoms with E-state index in [9.17, 15) is 19.7 Å². The van der Waals surface area contributed by atoms with E-state index in [4.69, 9.17) is 23.2 Å². The zero-order chi connectivity index (χ0) is 22.4. The number of anilines is 1. The van der Waals surface area contributed by atoms with Crippen LogP contribution < -0.4 is 4.90 Å². The fourth-order valence-electron chi connectivity index (χ4n) is 5.94. The average Bonchev–Trinajstić information content (AvgIpc) is 3.06. The number of carbonyl (C=O) groups is 2. The van der Waals surface area contributed by atoms with E-state index >= 15 is 0 Å². The summed E-state index contributed by atoms with van der Waals surface area (Å²) in [6, 6.07) is 18.8. The number of hydrogen-bond donors (Lipinski definition) is 0. The highest BCUT2D eigenvalue weighted by atomic mass is 35.5. The van der Waals surface area contributed by atoms with Crippen molar-refractivity contribution in [3.8, 4) is 0 Å². The Kier molecular flexibility index (Phi) is 3.89. The Morgan fingerprint density at radius 3 is 2.03 bits per heavy atom. The van der Waals surface area contributed by atoms with Crippen LogP contribution in [-0.4, -0.2) is 16.7 Å². The Bertz CT molecular complexity index is 1320. The highest BCUT2D eigenvalue weighted by molar-refractivity contribution is 6.45. The smallest absolute Gasteiger partial charge is 0.274 e. The monoisotopic (exact) mass is 464 g/mol. The summed E-state index contributed by atoms with van der Waals surface area (Å²) in [4.78, 5) is 41.1. The maximum atomic E-state index is 13.8. The summed E-state index contributed by atoms with van der Waals surface area (Å²) in [6.07, 6.45) is 0. The second-order valence-corrected chi connectivity index (χ2v) is 9.05. The quantitative estimate of drug-likeness (QED) is 0.310. The third kappa shape index (κ3) is 2.07. The van der Waals surface area contributed by atoms with Crippen LogP contribution in [0.5, 0.6) is 0 Å². The van der Waals surface area contributed by atoms with E-state index < -0.39 is 40.0 Å². The Morgan fingerprint density at radius 1 is 0.844 bits per heavy atom. The summed E-state index contributed by atoms with van der Waals surface area (Å²) in [6.45, 7) is 0. The van der Waals surface area contributed by atoms with E-state index in [1.54, 1.807) is 48.5 Å². The third-order valence-corrected chi connectivity index (χ3v) is 7.84. The van der Waals surface area contributed by atoms with E-state index in [1.807, 2.05) is 12.1 Å². The van der Waals surface area contributed by atoms with Crippen molar-refractivity contribution in [3.63, 3.8) is 0 Å². The lowest BCUT2D eigenvalue weighted by molar-refractivity contribution is -0.578. The van der Waals surface area contributed by atoms with E-state index in [2.05, 4.69) is 0 Å². The van der Waals surface area contributed by atoms with E-state index in [0.29, 0.717) is 22.3 Å². The number of amides is 2. The minimum atomic E-state index is -1.86. The van der Waals surface area contributed by atoms with Crippen LogP contribution in [0.3, 0.4) is 0 Å². The number of nitrogens with zero attached hydrogens (tertiary/aromatic N) is 2. The van der Waals surface area contributed by atoms with Crippen molar-refractivity contribution in [3.05, 3.63) is 109 Å². The second-order valence-electron chi connectivity index (χ2n) is 8.26. The van der Waals surface area contributed by atoms with Gasteiger partial charge in [0.25, 0.3) is 5.54 Å². The van der Waals surface area contributed by atoms with Gasteiger partial charge >= 0.3 is 0 Å². The third-order valence-electron chi connectivity index (χ3n) is 7.03. The molecular weight excluding hydrogens is 451 g/mol. The number of nitro groups is 1. The summed E-state index contributed by atoms with van der Waals surface area (Å²) < 4.78 is 0. The fourth-order valence-corrected chi connectivity index (χ4v) is 6.32. The first kappa shape index (κ1) is 19.5. The lowest BCUT2D eigenvalue weighted by Crippen LogP contribution is -2.57. The maximum Gasteiger partial charge on any atom is 0.285 e. The minimum absolute atomic E-state index is 0.0621. The highest BCUT2D eigenvalue weighted by Gasteiger charge is 2.74. The van der Waals surface area contributed by atoms with Crippen molar-refractivity contribution in [2.24, 2.45) is 11.8 Å². The number of hydrogen-bond acceptors (Lipinski definition) is 4. The first-order chi connectivity index (χ1) is 15.4. The number of imide groups is 1. The molecule has 2 atom stereocenters. The van der Waals surface area contributed by atoms with E-state index in [-0.39, 0.29) is 15.7 Å². The summed E-state index contributed by atoms with van der Waals surface area (Å²) in [5.74, 6) is -3.68. The first-order valence-corrected chi connectivity index (χ1v) is 10.8. The maximum absolute atomic E-state index is 13.8. The van der Waals surface area contributed by atoms with Crippen LogP contribution in [0, 0.1) is 22.0 Å². The molecule has 4 aliphatic rings. The van der Waals surface area contributed by atoms with Gasteiger partial charge in [-0.2, -0.15) is 0 Å². The molecular formula is C24H14Cl2N2O4. The molecule has 158 valence electrons. The minimum Gasteiger partial charge on any atom is -0.274 e. The number of rotatable bonds is 2. The van der Waals surface area contributed by atoms with Gasteiger partial charge in [-0.1, -0.05) is 77.8 Å². The van der Waals surface area contributed by atoms with E-state index in [1.165, 1.54) is 6.07 Å².